The average Bonchev–Trinajstić information content (AvgIpc) is 3.33. The molecule has 5 heteroatoms. The van der Waals surface area contributed by atoms with E-state index in [0.717, 1.165) is 12.1 Å². The Morgan fingerprint density at radius 2 is 1.80 bits per heavy atom. The number of amides is 2. The second-order valence-electron chi connectivity index (χ2n) is 6.81. The number of nitrogens with zero attached hydrogens (tertiary/aromatic N) is 1. The highest BCUT2D eigenvalue weighted by molar-refractivity contribution is 6.33. The molecule has 3 atom stereocenters. The van der Waals surface area contributed by atoms with Crippen LogP contribution in [0.25, 0.3) is 0 Å². The van der Waals surface area contributed by atoms with Crippen LogP contribution in [0.4, 0.5) is 11.4 Å². The molecule has 2 aromatic rings. The molecule has 0 aromatic heterocycles. The quantitative estimate of drug-likeness (QED) is 0.909. The maximum absolute atomic E-state index is 12.9. The van der Waals surface area contributed by atoms with E-state index in [4.69, 9.17) is 11.6 Å². The number of carbonyl (C=O) groups is 2. The molecule has 1 aliphatic carbocycles. The number of benzene rings is 2. The predicted octanol–water partition coefficient (Wildman–Crippen LogP) is 3.89. The Morgan fingerprint density at radius 1 is 1.08 bits per heavy atom. The molecule has 1 saturated carbocycles. The highest BCUT2D eigenvalue weighted by Crippen LogP contribution is 2.44. The lowest BCUT2D eigenvalue weighted by Crippen LogP contribution is -2.37. The largest absolute Gasteiger partial charge is 0.325 e. The van der Waals surface area contributed by atoms with Gasteiger partial charge < -0.3 is 10.2 Å². The van der Waals surface area contributed by atoms with Gasteiger partial charge in [-0.15, -0.1) is 0 Å². The second-order valence-corrected chi connectivity index (χ2v) is 7.22. The molecule has 1 aliphatic heterocycles. The molecule has 0 spiro atoms. The molecule has 0 bridgehead atoms. The van der Waals surface area contributed by atoms with Crippen LogP contribution in [0.2, 0.25) is 5.02 Å². The van der Waals surface area contributed by atoms with E-state index in [1.165, 1.54) is 5.56 Å². The Morgan fingerprint density at radius 3 is 2.60 bits per heavy atom. The first-order valence-corrected chi connectivity index (χ1v) is 8.90. The molecule has 25 heavy (non-hydrogen) atoms. The van der Waals surface area contributed by atoms with Gasteiger partial charge in [-0.05, 0) is 43.5 Å². The van der Waals surface area contributed by atoms with Gasteiger partial charge in [-0.3, -0.25) is 9.59 Å². The third kappa shape index (κ3) is 2.91. The van der Waals surface area contributed by atoms with Gasteiger partial charge in [0, 0.05) is 11.7 Å². The van der Waals surface area contributed by atoms with Crippen LogP contribution in [-0.2, 0) is 16.0 Å². The van der Waals surface area contributed by atoms with E-state index in [1.807, 2.05) is 35.2 Å². The number of para-hydroxylation sites is 2. The van der Waals surface area contributed by atoms with Crippen molar-refractivity contribution in [1.82, 2.24) is 0 Å². The van der Waals surface area contributed by atoms with Crippen LogP contribution < -0.4 is 10.2 Å². The molecule has 3 unspecified atom stereocenters. The number of carbonyl (C=O) groups excluding carboxylic acids is 2. The monoisotopic (exact) mass is 354 g/mol. The third-order valence-electron chi connectivity index (χ3n) is 5.02. The normalized spacial score (nSPS) is 23.9. The van der Waals surface area contributed by atoms with Crippen molar-refractivity contribution >= 4 is 34.8 Å². The molecule has 0 radical (unpaired) electrons. The van der Waals surface area contributed by atoms with E-state index >= 15 is 0 Å². The minimum atomic E-state index is -0.274. The lowest BCUT2D eigenvalue weighted by Gasteiger charge is -2.23. The van der Waals surface area contributed by atoms with Crippen molar-refractivity contribution in [3.63, 3.8) is 0 Å². The predicted molar refractivity (Wildman–Crippen MR) is 98.8 cm³/mol. The van der Waals surface area contributed by atoms with Crippen molar-refractivity contribution in [2.45, 2.75) is 25.8 Å². The zero-order chi connectivity index (χ0) is 17.6. The van der Waals surface area contributed by atoms with Crippen LogP contribution in [0, 0.1) is 11.8 Å². The van der Waals surface area contributed by atoms with Gasteiger partial charge in [-0.1, -0.05) is 41.9 Å². The number of anilines is 2. The first-order valence-electron chi connectivity index (χ1n) is 8.52. The number of fused-ring (bicyclic) bond motifs is 1. The summed E-state index contributed by atoms with van der Waals surface area (Å²) in [5, 5.41) is 3.34. The highest BCUT2D eigenvalue weighted by atomic mass is 35.5. The van der Waals surface area contributed by atoms with Crippen LogP contribution in [0.15, 0.2) is 48.5 Å². The molecule has 4 nitrogen and oxygen atoms in total. The van der Waals surface area contributed by atoms with Crippen LogP contribution in [0.5, 0.6) is 0 Å². The van der Waals surface area contributed by atoms with Gasteiger partial charge in [-0.25, -0.2) is 0 Å². The zero-order valence-corrected chi connectivity index (χ0v) is 14.7. The summed E-state index contributed by atoms with van der Waals surface area (Å²) < 4.78 is 0. The van der Waals surface area contributed by atoms with E-state index in [0.29, 0.717) is 17.1 Å². The topological polar surface area (TPSA) is 49.4 Å². The maximum atomic E-state index is 12.9. The van der Waals surface area contributed by atoms with Gasteiger partial charge in [0.1, 0.15) is 0 Å². The van der Waals surface area contributed by atoms with Gasteiger partial charge in [0.25, 0.3) is 0 Å². The minimum Gasteiger partial charge on any atom is -0.325 e. The molecular weight excluding hydrogens is 336 g/mol. The standard InChI is InChI=1S/C20H19ClN2O2/c1-12-10-13-6-2-5-9-18(13)23(12)20(25)15-11-14(15)19(24)22-17-8-4-3-7-16(17)21/h2-9,12,14-15H,10-11H2,1H3,(H,22,24). The summed E-state index contributed by atoms with van der Waals surface area (Å²) in [4.78, 5) is 27.2. The summed E-state index contributed by atoms with van der Waals surface area (Å²) in [6, 6.07) is 15.3. The first kappa shape index (κ1) is 16.2. The summed E-state index contributed by atoms with van der Waals surface area (Å²) in [5.74, 6) is -0.594. The summed E-state index contributed by atoms with van der Waals surface area (Å²) in [5.41, 5.74) is 2.77. The highest BCUT2D eigenvalue weighted by Gasteiger charge is 2.51. The fraction of sp³-hybridized carbons (Fsp3) is 0.300. The smallest absolute Gasteiger partial charge is 0.231 e. The maximum Gasteiger partial charge on any atom is 0.231 e. The van der Waals surface area contributed by atoms with E-state index < -0.39 is 0 Å². The number of nitrogens with one attached hydrogen (secondary N) is 1. The summed E-state index contributed by atoms with van der Waals surface area (Å²) in [7, 11) is 0. The van der Waals surface area contributed by atoms with Gasteiger partial charge in [0.2, 0.25) is 11.8 Å². The minimum absolute atomic E-state index is 0.0526. The second kappa shape index (κ2) is 6.19. The lowest BCUT2D eigenvalue weighted by molar-refractivity contribution is -0.123. The number of hydrogen-bond donors (Lipinski definition) is 1. The fourth-order valence-electron chi connectivity index (χ4n) is 3.63. The van der Waals surface area contributed by atoms with Crippen LogP contribution in [-0.4, -0.2) is 17.9 Å². The molecule has 1 heterocycles. The molecule has 2 amide bonds. The summed E-state index contributed by atoms with van der Waals surface area (Å²) in [6.45, 7) is 2.05. The SMILES string of the molecule is CC1Cc2ccccc2N1C(=O)C1CC1C(=O)Nc1ccccc1Cl. The summed E-state index contributed by atoms with van der Waals surface area (Å²) in [6.07, 6.45) is 1.46. The van der Waals surface area contributed by atoms with Gasteiger partial charge in [0.15, 0.2) is 0 Å². The van der Waals surface area contributed by atoms with E-state index in [-0.39, 0.29) is 29.7 Å². The van der Waals surface area contributed by atoms with E-state index in [2.05, 4.69) is 18.3 Å². The molecule has 4 rings (SSSR count). The third-order valence-corrected chi connectivity index (χ3v) is 5.35. The Hall–Kier alpha value is -2.33. The van der Waals surface area contributed by atoms with Crippen LogP contribution in [0.3, 0.4) is 0 Å². The molecule has 1 fully saturated rings. The van der Waals surface area contributed by atoms with Crippen molar-refractivity contribution in [2.75, 3.05) is 10.2 Å². The Kier molecular flexibility index (Phi) is 4.00. The van der Waals surface area contributed by atoms with Crippen molar-refractivity contribution in [3.8, 4) is 0 Å². The molecule has 128 valence electrons. The molecule has 2 aromatic carbocycles. The molecule has 2 aliphatic rings. The van der Waals surface area contributed by atoms with Crippen molar-refractivity contribution < 1.29 is 9.59 Å². The Balaban J connectivity index is 1.45. The van der Waals surface area contributed by atoms with Gasteiger partial charge in [-0.2, -0.15) is 0 Å². The van der Waals surface area contributed by atoms with Crippen molar-refractivity contribution in [3.05, 3.63) is 59.1 Å². The van der Waals surface area contributed by atoms with E-state index in [1.54, 1.807) is 12.1 Å². The summed E-state index contributed by atoms with van der Waals surface area (Å²) >= 11 is 6.08. The average molecular weight is 355 g/mol. The van der Waals surface area contributed by atoms with Crippen molar-refractivity contribution in [2.24, 2.45) is 11.8 Å². The van der Waals surface area contributed by atoms with Crippen LogP contribution >= 0.6 is 11.6 Å². The van der Waals surface area contributed by atoms with Gasteiger partial charge in [0.05, 0.1) is 22.5 Å². The fourth-order valence-corrected chi connectivity index (χ4v) is 3.81. The molecular formula is C20H19ClN2O2. The first-order chi connectivity index (χ1) is 12.1. The van der Waals surface area contributed by atoms with E-state index in [9.17, 15) is 9.59 Å². The van der Waals surface area contributed by atoms with Crippen molar-refractivity contribution in [1.29, 1.82) is 0 Å². The Labute approximate surface area is 151 Å². The molecule has 0 saturated heterocycles. The number of hydrogen-bond acceptors (Lipinski definition) is 2. The Bertz CT molecular complexity index is 851. The number of rotatable bonds is 3. The number of halogens is 1. The van der Waals surface area contributed by atoms with Gasteiger partial charge >= 0.3 is 0 Å². The lowest BCUT2D eigenvalue weighted by atomic mass is 10.1. The zero-order valence-electron chi connectivity index (χ0n) is 13.9. The van der Waals surface area contributed by atoms with Crippen LogP contribution in [0.1, 0.15) is 18.9 Å². The molecule has 1 N–H and O–H groups in total.